The quantitative estimate of drug-likeness (QED) is 0.712. The zero-order valence-electron chi connectivity index (χ0n) is 17.4. The van der Waals surface area contributed by atoms with E-state index in [1.165, 1.54) is 14.2 Å². The number of nitrogens with zero attached hydrogens (tertiary/aromatic N) is 2. The van der Waals surface area contributed by atoms with Crippen molar-refractivity contribution in [3.05, 3.63) is 17.7 Å². The van der Waals surface area contributed by atoms with Crippen LogP contribution in [-0.4, -0.2) is 81.1 Å². The molecule has 7 nitrogen and oxygen atoms in total. The zero-order valence-corrected chi connectivity index (χ0v) is 18.2. The SMILES string of the molecule is COc1cc(C(=O)N2CCC(N(C)C)CC2)cc(NC(=O)CCSC)c1OC. The highest BCUT2D eigenvalue weighted by Crippen LogP contribution is 2.37. The fraction of sp³-hybridized carbons (Fsp3) is 0.600. The maximum absolute atomic E-state index is 13.1. The van der Waals surface area contributed by atoms with Crippen LogP contribution in [0.2, 0.25) is 0 Å². The standard InChI is InChI=1S/C20H31N3O4S/c1-22(2)15-6-9-23(10-7-15)20(25)14-12-16(21-18(24)8-11-28-5)19(27-4)17(13-14)26-3/h12-13,15H,6-11H2,1-5H3,(H,21,24). The molecule has 0 unspecified atom stereocenters. The first-order valence-corrected chi connectivity index (χ1v) is 10.8. The normalized spacial score (nSPS) is 14.9. The molecular formula is C20H31N3O4S. The molecule has 2 amide bonds. The highest BCUT2D eigenvalue weighted by molar-refractivity contribution is 7.98. The van der Waals surface area contributed by atoms with E-state index in [0.29, 0.717) is 48.3 Å². The fourth-order valence-electron chi connectivity index (χ4n) is 3.36. The van der Waals surface area contributed by atoms with Gasteiger partial charge in [0, 0.05) is 36.9 Å². The van der Waals surface area contributed by atoms with Crippen LogP contribution in [0.15, 0.2) is 12.1 Å². The van der Waals surface area contributed by atoms with Crippen LogP contribution in [0.4, 0.5) is 5.69 Å². The highest BCUT2D eigenvalue weighted by Gasteiger charge is 2.26. The molecule has 1 saturated heterocycles. The van der Waals surface area contributed by atoms with Crippen molar-refractivity contribution in [2.75, 3.05) is 58.7 Å². The van der Waals surface area contributed by atoms with Crippen LogP contribution >= 0.6 is 11.8 Å². The summed E-state index contributed by atoms with van der Waals surface area (Å²) in [6.07, 6.45) is 4.24. The number of carbonyl (C=O) groups excluding carboxylic acids is 2. The number of likely N-dealkylation sites (tertiary alicyclic amines) is 1. The van der Waals surface area contributed by atoms with Gasteiger partial charge in [0.2, 0.25) is 5.91 Å². The molecule has 0 bridgehead atoms. The molecule has 8 heteroatoms. The molecule has 0 atom stereocenters. The first-order chi connectivity index (χ1) is 13.4. The largest absolute Gasteiger partial charge is 0.493 e. The predicted molar refractivity (Wildman–Crippen MR) is 114 cm³/mol. The van der Waals surface area contributed by atoms with Gasteiger partial charge in [0.05, 0.1) is 19.9 Å². The van der Waals surface area contributed by atoms with Gasteiger partial charge in [0.1, 0.15) is 0 Å². The number of anilines is 1. The van der Waals surface area contributed by atoms with Crippen molar-refractivity contribution in [3.8, 4) is 11.5 Å². The molecule has 0 saturated carbocycles. The summed E-state index contributed by atoms with van der Waals surface area (Å²) in [6.45, 7) is 1.43. The van der Waals surface area contributed by atoms with Gasteiger partial charge in [0.25, 0.3) is 5.91 Å². The van der Waals surface area contributed by atoms with Crippen LogP contribution in [0, 0.1) is 0 Å². The van der Waals surface area contributed by atoms with Crippen LogP contribution in [0.25, 0.3) is 0 Å². The first-order valence-electron chi connectivity index (χ1n) is 9.41. The molecule has 1 aliphatic rings. The Balaban J connectivity index is 2.23. The van der Waals surface area contributed by atoms with Gasteiger partial charge in [-0.3, -0.25) is 9.59 Å². The van der Waals surface area contributed by atoms with Crippen LogP contribution in [0.3, 0.4) is 0 Å². The van der Waals surface area contributed by atoms with Crippen molar-refractivity contribution in [2.45, 2.75) is 25.3 Å². The summed E-state index contributed by atoms with van der Waals surface area (Å²) in [7, 11) is 7.18. The zero-order chi connectivity index (χ0) is 20.7. The Hall–Kier alpha value is -1.93. The molecule has 156 valence electrons. The van der Waals surface area contributed by atoms with E-state index in [2.05, 4.69) is 24.3 Å². The van der Waals surface area contributed by atoms with Crippen LogP contribution in [0.1, 0.15) is 29.6 Å². The molecule has 1 aliphatic heterocycles. The molecule has 0 aliphatic carbocycles. The lowest BCUT2D eigenvalue weighted by atomic mass is 10.0. The molecule has 0 radical (unpaired) electrons. The van der Waals surface area contributed by atoms with Gasteiger partial charge < -0.3 is 24.6 Å². The second-order valence-corrected chi connectivity index (χ2v) is 8.02. The summed E-state index contributed by atoms with van der Waals surface area (Å²) in [6, 6.07) is 3.86. The van der Waals surface area contributed by atoms with E-state index in [-0.39, 0.29) is 11.8 Å². The monoisotopic (exact) mass is 409 g/mol. The maximum atomic E-state index is 13.1. The van der Waals surface area contributed by atoms with Crippen molar-refractivity contribution in [2.24, 2.45) is 0 Å². The molecule has 0 spiro atoms. The number of piperidine rings is 1. The lowest BCUT2D eigenvalue weighted by Crippen LogP contribution is -2.44. The molecule has 1 fully saturated rings. The van der Waals surface area contributed by atoms with Crippen LogP contribution in [0.5, 0.6) is 11.5 Å². The second kappa shape index (κ2) is 10.6. The number of thioether (sulfide) groups is 1. The number of nitrogens with one attached hydrogen (secondary N) is 1. The van der Waals surface area contributed by atoms with Gasteiger partial charge in [-0.2, -0.15) is 11.8 Å². The van der Waals surface area contributed by atoms with E-state index in [1.807, 2.05) is 11.2 Å². The Morgan fingerprint density at radius 3 is 2.43 bits per heavy atom. The van der Waals surface area contributed by atoms with Crippen molar-refractivity contribution in [1.82, 2.24) is 9.80 Å². The second-order valence-electron chi connectivity index (χ2n) is 7.04. The van der Waals surface area contributed by atoms with E-state index in [4.69, 9.17) is 9.47 Å². The lowest BCUT2D eigenvalue weighted by Gasteiger charge is -2.35. The van der Waals surface area contributed by atoms with Crippen LogP contribution < -0.4 is 14.8 Å². The number of amides is 2. The molecule has 1 aromatic carbocycles. The molecule has 1 aromatic rings. The number of rotatable bonds is 8. The van der Waals surface area contributed by atoms with Gasteiger partial charge >= 0.3 is 0 Å². The molecule has 1 N–H and O–H groups in total. The predicted octanol–water partition coefficient (Wildman–Crippen LogP) is 2.56. The molecule has 1 heterocycles. The Labute approximate surface area is 171 Å². The third kappa shape index (κ3) is 5.54. The number of carbonyl (C=O) groups is 2. The average molecular weight is 410 g/mol. The van der Waals surface area contributed by atoms with Gasteiger partial charge in [-0.25, -0.2) is 0 Å². The minimum absolute atomic E-state index is 0.0576. The number of hydrogen-bond donors (Lipinski definition) is 1. The summed E-state index contributed by atoms with van der Waals surface area (Å²) < 4.78 is 10.8. The lowest BCUT2D eigenvalue weighted by molar-refractivity contribution is -0.115. The van der Waals surface area contributed by atoms with Crippen LogP contribution in [-0.2, 0) is 4.79 Å². The molecule has 0 aromatic heterocycles. The van der Waals surface area contributed by atoms with Crippen molar-refractivity contribution < 1.29 is 19.1 Å². The molecule has 28 heavy (non-hydrogen) atoms. The van der Waals surface area contributed by atoms with Crippen molar-refractivity contribution >= 4 is 29.3 Å². The maximum Gasteiger partial charge on any atom is 0.254 e. The van der Waals surface area contributed by atoms with E-state index in [1.54, 1.807) is 23.9 Å². The third-order valence-electron chi connectivity index (χ3n) is 5.02. The van der Waals surface area contributed by atoms with Gasteiger partial charge in [-0.15, -0.1) is 0 Å². The third-order valence-corrected chi connectivity index (χ3v) is 5.63. The molecule has 2 rings (SSSR count). The number of ether oxygens (including phenoxy) is 2. The minimum atomic E-state index is -0.119. The smallest absolute Gasteiger partial charge is 0.254 e. The minimum Gasteiger partial charge on any atom is -0.493 e. The summed E-state index contributed by atoms with van der Waals surface area (Å²) in [4.78, 5) is 29.3. The first kappa shape index (κ1) is 22.4. The fourth-order valence-corrected chi connectivity index (χ4v) is 3.75. The average Bonchev–Trinajstić information content (AvgIpc) is 2.71. The topological polar surface area (TPSA) is 71.1 Å². The Morgan fingerprint density at radius 1 is 1.21 bits per heavy atom. The summed E-state index contributed by atoms with van der Waals surface area (Å²) in [5.74, 6) is 1.40. The molecular weight excluding hydrogens is 378 g/mol. The van der Waals surface area contributed by atoms with Gasteiger partial charge in [-0.05, 0) is 45.3 Å². The summed E-state index contributed by atoms with van der Waals surface area (Å²) >= 11 is 1.61. The van der Waals surface area contributed by atoms with Crippen molar-refractivity contribution in [3.63, 3.8) is 0 Å². The van der Waals surface area contributed by atoms with E-state index < -0.39 is 0 Å². The van der Waals surface area contributed by atoms with E-state index in [0.717, 1.165) is 18.6 Å². The summed E-state index contributed by atoms with van der Waals surface area (Å²) in [5.41, 5.74) is 0.945. The Bertz CT molecular complexity index is 688. The summed E-state index contributed by atoms with van der Waals surface area (Å²) in [5, 5.41) is 2.86. The Morgan fingerprint density at radius 2 is 1.89 bits per heavy atom. The van der Waals surface area contributed by atoms with Gasteiger partial charge in [0.15, 0.2) is 11.5 Å². The highest BCUT2D eigenvalue weighted by atomic mass is 32.2. The van der Waals surface area contributed by atoms with E-state index in [9.17, 15) is 9.59 Å². The number of benzene rings is 1. The Kier molecular flexibility index (Phi) is 8.44. The van der Waals surface area contributed by atoms with Gasteiger partial charge in [-0.1, -0.05) is 0 Å². The number of methoxy groups -OCH3 is 2. The van der Waals surface area contributed by atoms with Crippen molar-refractivity contribution in [1.29, 1.82) is 0 Å². The van der Waals surface area contributed by atoms with E-state index >= 15 is 0 Å². The number of hydrogen-bond acceptors (Lipinski definition) is 6.